The lowest BCUT2D eigenvalue weighted by molar-refractivity contribution is 0.114. The summed E-state index contributed by atoms with van der Waals surface area (Å²) in [5.74, 6) is 0.779. The van der Waals surface area contributed by atoms with Gasteiger partial charge < -0.3 is 14.4 Å². The van der Waals surface area contributed by atoms with Gasteiger partial charge in [0.25, 0.3) is 0 Å². The number of hydrogen-bond donors (Lipinski definition) is 1. The number of aromatic nitrogens is 1. The zero-order chi connectivity index (χ0) is 15.4. The minimum atomic E-state index is -3.53. The van der Waals surface area contributed by atoms with E-state index in [1.54, 1.807) is 12.1 Å². The Morgan fingerprint density at radius 3 is 2.73 bits per heavy atom. The van der Waals surface area contributed by atoms with Crippen LogP contribution in [-0.4, -0.2) is 59.0 Å². The molecule has 1 aromatic rings. The van der Waals surface area contributed by atoms with Gasteiger partial charge in [0.1, 0.15) is 10.7 Å². The molecule has 0 amide bonds. The summed E-state index contributed by atoms with van der Waals surface area (Å²) in [4.78, 5) is 6.53. The quantitative estimate of drug-likeness (QED) is 0.842. The fourth-order valence-electron chi connectivity index (χ4n) is 2.60. The maximum absolute atomic E-state index is 12.2. The van der Waals surface area contributed by atoms with Crippen LogP contribution in [0.25, 0.3) is 0 Å². The van der Waals surface area contributed by atoms with Gasteiger partial charge in [-0.1, -0.05) is 0 Å². The number of ether oxygens (including phenoxy) is 2. The summed E-state index contributed by atoms with van der Waals surface area (Å²) >= 11 is 0. The van der Waals surface area contributed by atoms with Crippen molar-refractivity contribution in [1.29, 1.82) is 0 Å². The molecule has 1 aromatic heterocycles. The average molecular weight is 327 g/mol. The van der Waals surface area contributed by atoms with E-state index in [1.165, 1.54) is 6.20 Å². The highest BCUT2D eigenvalue weighted by Gasteiger charge is 2.21. The third-order valence-corrected chi connectivity index (χ3v) is 5.30. The topological polar surface area (TPSA) is 80.8 Å². The van der Waals surface area contributed by atoms with Crippen LogP contribution in [0.1, 0.15) is 12.8 Å². The summed E-state index contributed by atoms with van der Waals surface area (Å²) in [5.41, 5.74) is 0. The van der Waals surface area contributed by atoms with Gasteiger partial charge in [0.15, 0.2) is 0 Å². The summed E-state index contributed by atoms with van der Waals surface area (Å²) in [6.45, 7) is 3.91. The molecule has 3 rings (SSSR count). The third-order valence-electron chi connectivity index (χ3n) is 3.89. The monoisotopic (exact) mass is 327 g/mol. The second-order valence-corrected chi connectivity index (χ2v) is 7.21. The summed E-state index contributed by atoms with van der Waals surface area (Å²) in [6.07, 6.45) is 3.28. The van der Waals surface area contributed by atoms with Crippen LogP contribution in [0.15, 0.2) is 23.2 Å². The molecule has 1 unspecified atom stereocenters. The van der Waals surface area contributed by atoms with Crippen molar-refractivity contribution in [2.45, 2.75) is 23.8 Å². The molecular weight excluding hydrogens is 306 g/mol. The van der Waals surface area contributed by atoms with Crippen LogP contribution in [0.2, 0.25) is 0 Å². The maximum atomic E-state index is 12.2. The van der Waals surface area contributed by atoms with Gasteiger partial charge in [0.2, 0.25) is 10.0 Å². The first-order chi connectivity index (χ1) is 10.6. The Labute approximate surface area is 130 Å². The van der Waals surface area contributed by atoms with Gasteiger partial charge in [-0.2, -0.15) is 0 Å². The number of nitrogens with one attached hydrogen (secondary N) is 1. The van der Waals surface area contributed by atoms with Crippen molar-refractivity contribution in [1.82, 2.24) is 9.71 Å². The molecule has 1 N–H and O–H groups in total. The number of hydrogen-bond acceptors (Lipinski definition) is 6. The highest BCUT2D eigenvalue weighted by atomic mass is 32.2. The van der Waals surface area contributed by atoms with Crippen molar-refractivity contribution in [2.24, 2.45) is 0 Å². The first kappa shape index (κ1) is 15.7. The second-order valence-electron chi connectivity index (χ2n) is 5.44. The molecule has 0 aromatic carbocycles. The van der Waals surface area contributed by atoms with Crippen molar-refractivity contribution in [3.63, 3.8) is 0 Å². The number of nitrogens with zero attached hydrogens (tertiary/aromatic N) is 2. The normalized spacial score (nSPS) is 22.9. The molecule has 7 nitrogen and oxygen atoms in total. The Morgan fingerprint density at radius 2 is 2.09 bits per heavy atom. The predicted molar refractivity (Wildman–Crippen MR) is 81.4 cm³/mol. The first-order valence-corrected chi connectivity index (χ1v) is 9.03. The first-order valence-electron chi connectivity index (χ1n) is 7.55. The van der Waals surface area contributed by atoms with E-state index >= 15 is 0 Å². The van der Waals surface area contributed by atoms with E-state index in [9.17, 15) is 8.42 Å². The predicted octanol–water partition coefficient (Wildman–Crippen LogP) is 0.375. The smallest absolute Gasteiger partial charge is 0.242 e. The fraction of sp³-hybridized carbons (Fsp3) is 0.643. The van der Waals surface area contributed by atoms with Crippen LogP contribution in [-0.2, 0) is 19.5 Å². The lowest BCUT2D eigenvalue weighted by atomic mass is 10.2. The summed E-state index contributed by atoms with van der Waals surface area (Å²) in [7, 11) is -3.53. The molecular formula is C14H21N3O4S. The summed E-state index contributed by atoms with van der Waals surface area (Å²) in [5, 5.41) is 0. The molecule has 8 heteroatoms. The molecule has 2 aliphatic heterocycles. The second kappa shape index (κ2) is 6.91. The van der Waals surface area contributed by atoms with Crippen LogP contribution < -0.4 is 9.62 Å². The third kappa shape index (κ3) is 3.75. The lowest BCUT2D eigenvalue weighted by Crippen LogP contribution is -2.36. The van der Waals surface area contributed by atoms with E-state index in [2.05, 4.69) is 14.6 Å². The van der Waals surface area contributed by atoms with Crippen molar-refractivity contribution >= 4 is 15.8 Å². The van der Waals surface area contributed by atoms with Crippen molar-refractivity contribution in [3.05, 3.63) is 18.3 Å². The van der Waals surface area contributed by atoms with E-state index in [0.29, 0.717) is 26.4 Å². The van der Waals surface area contributed by atoms with Crippen LogP contribution in [0.4, 0.5) is 5.82 Å². The van der Waals surface area contributed by atoms with Crippen molar-refractivity contribution < 1.29 is 17.9 Å². The van der Waals surface area contributed by atoms with E-state index in [0.717, 1.165) is 31.7 Å². The highest BCUT2D eigenvalue weighted by molar-refractivity contribution is 7.89. The molecule has 2 saturated heterocycles. The van der Waals surface area contributed by atoms with Crippen molar-refractivity contribution in [2.75, 3.05) is 44.4 Å². The molecule has 2 aliphatic rings. The van der Waals surface area contributed by atoms with Gasteiger partial charge in [-0.3, -0.25) is 0 Å². The van der Waals surface area contributed by atoms with Crippen LogP contribution in [0.5, 0.6) is 0 Å². The van der Waals surface area contributed by atoms with Crippen molar-refractivity contribution in [3.8, 4) is 0 Å². The molecule has 0 bridgehead atoms. The van der Waals surface area contributed by atoms with Gasteiger partial charge in [-0.25, -0.2) is 18.1 Å². The Hall–Kier alpha value is -1.22. The maximum Gasteiger partial charge on any atom is 0.242 e. The van der Waals surface area contributed by atoms with E-state index in [-0.39, 0.29) is 11.0 Å². The van der Waals surface area contributed by atoms with Gasteiger partial charge in [-0.05, 0) is 25.0 Å². The molecule has 0 spiro atoms. The van der Waals surface area contributed by atoms with Gasteiger partial charge >= 0.3 is 0 Å². The number of morpholine rings is 1. The van der Waals surface area contributed by atoms with E-state index in [1.807, 2.05) is 0 Å². The molecule has 0 saturated carbocycles. The molecule has 1 atom stereocenters. The lowest BCUT2D eigenvalue weighted by Gasteiger charge is -2.27. The van der Waals surface area contributed by atoms with E-state index < -0.39 is 10.0 Å². The molecule has 22 heavy (non-hydrogen) atoms. The number of rotatable bonds is 5. The Balaban J connectivity index is 1.62. The minimum absolute atomic E-state index is 0.0182. The number of pyridine rings is 1. The number of anilines is 1. The Bertz CT molecular complexity index is 579. The Morgan fingerprint density at radius 1 is 1.27 bits per heavy atom. The minimum Gasteiger partial charge on any atom is -0.378 e. The molecule has 2 fully saturated rings. The van der Waals surface area contributed by atoms with Crippen LogP contribution in [0, 0.1) is 0 Å². The summed E-state index contributed by atoms with van der Waals surface area (Å²) < 4.78 is 37.8. The van der Waals surface area contributed by atoms with Gasteiger partial charge in [0.05, 0.1) is 19.3 Å². The van der Waals surface area contributed by atoms with Crippen LogP contribution >= 0.6 is 0 Å². The molecule has 0 radical (unpaired) electrons. The zero-order valence-corrected chi connectivity index (χ0v) is 13.2. The molecule has 3 heterocycles. The standard InChI is InChI=1S/C14H21N3O4S/c18-22(19,16-10-12-2-1-7-21-12)13-3-4-14(15-11-13)17-5-8-20-9-6-17/h3-4,11-12,16H,1-2,5-10H2. The van der Waals surface area contributed by atoms with Gasteiger partial charge in [-0.15, -0.1) is 0 Å². The average Bonchev–Trinajstić information content (AvgIpc) is 3.08. The zero-order valence-electron chi connectivity index (χ0n) is 12.4. The van der Waals surface area contributed by atoms with Crippen LogP contribution in [0.3, 0.4) is 0 Å². The fourth-order valence-corrected chi connectivity index (χ4v) is 3.61. The highest BCUT2D eigenvalue weighted by Crippen LogP contribution is 2.16. The number of sulfonamides is 1. The Kier molecular flexibility index (Phi) is 4.92. The van der Waals surface area contributed by atoms with E-state index in [4.69, 9.17) is 9.47 Å². The summed E-state index contributed by atoms with van der Waals surface area (Å²) in [6, 6.07) is 3.33. The molecule has 0 aliphatic carbocycles. The molecule has 122 valence electrons. The SMILES string of the molecule is O=S(=O)(NCC1CCCO1)c1ccc(N2CCOCC2)nc1. The van der Waals surface area contributed by atoms with Gasteiger partial charge in [0, 0.05) is 32.4 Å². The largest absolute Gasteiger partial charge is 0.378 e.